The molecule has 1 saturated heterocycles. The van der Waals surface area contributed by atoms with Crippen LogP contribution in [0.25, 0.3) is 0 Å². The Morgan fingerprint density at radius 3 is 2.62 bits per heavy atom. The summed E-state index contributed by atoms with van der Waals surface area (Å²) in [5, 5.41) is 3.14. The van der Waals surface area contributed by atoms with Crippen LogP contribution in [0.4, 0.5) is 0 Å². The van der Waals surface area contributed by atoms with Gasteiger partial charge in [0.15, 0.2) is 9.84 Å². The van der Waals surface area contributed by atoms with Crippen molar-refractivity contribution in [3.63, 3.8) is 0 Å². The highest BCUT2D eigenvalue weighted by molar-refractivity contribution is 7.92. The maximum Gasteiger partial charge on any atom is 0.320 e. The Morgan fingerprint density at radius 1 is 1.44 bits per heavy atom. The highest BCUT2D eigenvalue weighted by Crippen LogP contribution is 2.09. The topological polar surface area (TPSA) is 72.5 Å². The van der Waals surface area contributed by atoms with E-state index in [0.717, 1.165) is 25.8 Å². The van der Waals surface area contributed by atoms with Crippen molar-refractivity contribution in [1.29, 1.82) is 0 Å². The van der Waals surface area contributed by atoms with Gasteiger partial charge in [-0.2, -0.15) is 0 Å². The molecule has 1 N–H and O–H groups in total. The van der Waals surface area contributed by atoms with Gasteiger partial charge in [0.05, 0.1) is 12.9 Å². The second-order valence-corrected chi connectivity index (χ2v) is 5.89. The molecule has 1 unspecified atom stereocenters. The van der Waals surface area contributed by atoms with Crippen molar-refractivity contribution in [1.82, 2.24) is 5.32 Å². The molecule has 0 aliphatic carbocycles. The molecule has 7 heteroatoms. The van der Waals surface area contributed by atoms with Gasteiger partial charge in [-0.25, -0.2) is 8.42 Å². The monoisotopic (exact) mass is 271 g/mol. The first-order valence-electron chi connectivity index (χ1n) is 5.04. The predicted molar refractivity (Wildman–Crippen MR) is 63.6 cm³/mol. The Labute approximate surface area is 102 Å². The zero-order valence-electron chi connectivity index (χ0n) is 9.27. The molecule has 0 aromatic heterocycles. The van der Waals surface area contributed by atoms with Crippen LogP contribution in [0.5, 0.6) is 0 Å². The fraction of sp³-hybridized carbons (Fsp3) is 0.889. The summed E-state index contributed by atoms with van der Waals surface area (Å²) in [7, 11) is -2.14. The minimum absolute atomic E-state index is 0. The van der Waals surface area contributed by atoms with E-state index in [1.54, 1.807) is 0 Å². The van der Waals surface area contributed by atoms with Crippen LogP contribution in [0.1, 0.15) is 19.3 Å². The summed E-state index contributed by atoms with van der Waals surface area (Å²) in [4.78, 5) is 10.8. The maximum absolute atomic E-state index is 11.5. The Bertz CT molecular complexity index is 311. The lowest BCUT2D eigenvalue weighted by Crippen LogP contribution is -2.40. The Morgan fingerprint density at radius 2 is 2.12 bits per heavy atom. The lowest BCUT2D eigenvalue weighted by atomic mass is 10.1. The molecular formula is C9H18ClNO4S. The molecule has 1 heterocycles. The van der Waals surface area contributed by atoms with Crippen LogP contribution in [0.3, 0.4) is 0 Å². The minimum atomic E-state index is -3.33. The smallest absolute Gasteiger partial charge is 0.320 e. The number of esters is 1. The van der Waals surface area contributed by atoms with Crippen molar-refractivity contribution in [3.05, 3.63) is 0 Å². The quantitative estimate of drug-likeness (QED) is 0.737. The van der Waals surface area contributed by atoms with Crippen LogP contribution in [0, 0.1) is 0 Å². The third kappa shape index (κ3) is 5.67. The summed E-state index contributed by atoms with van der Waals surface area (Å²) in [6.45, 7) is 0.860. The fourth-order valence-corrected chi connectivity index (χ4v) is 3.16. The van der Waals surface area contributed by atoms with Gasteiger partial charge in [-0.05, 0) is 19.4 Å². The molecule has 5 nitrogen and oxygen atoms in total. The number of methoxy groups -OCH3 is 1. The number of piperidine rings is 1. The molecule has 1 fully saturated rings. The lowest BCUT2D eigenvalue weighted by Gasteiger charge is -2.22. The van der Waals surface area contributed by atoms with Gasteiger partial charge >= 0.3 is 5.97 Å². The summed E-state index contributed by atoms with van der Waals surface area (Å²) in [5.74, 6) is -1.17. The summed E-state index contributed by atoms with van der Waals surface area (Å²) in [6, 6.07) is -0.00611. The van der Waals surface area contributed by atoms with Gasteiger partial charge in [-0.3, -0.25) is 4.79 Å². The van der Waals surface area contributed by atoms with E-state index in [9.17, 15) is 13.2 Å². The van der Waals surface area contributed by atoms with Gasteiger partial charge in [-0.1, -0.05) is 6.42 Å². The van der Waals surface area contributed by atoms with Crippen LogP contribution < -0.4 is 5.32 Å². The fourth-order valence-electron chi connectivity index (χ4n) is 1.67. The first-order chi connectivity index (χ1) is 7.03. The van der Waals surface area contributed by atoms with E-state index in [1.165, 1.54) is 7.11 Å². The Balaban J connectivity index is 0.00000225. The molecule has 0 aromatic rings. The number of carbonyl (C=O) groups excluding carboxylic acids is 1. The Kier molecular flexibility index (Phi) is 6.94. The van der Waals surface area contributed by atoms with E-state index < -0.39 is 21.6 Å². The lowest BCUT2D eigenvalue weighted by molar-refractivity contribution is -0.137. The Hall–Kier alpha value is -0.330. The molecule has 1 aliphatic rings. The number of halogens is 1. The van der Waals surface area contributed by atoms with Gasteiger partial charge in [-0.15, -0.1) is 12.4 Å². The molecule has 1 rings (SSSR count). The number of nitrogens with one attached hydrogen (secondary N) is 1. The molecule has 0 saturated carbocycles. The van der Waals surface area contributed by atoms with Crippen molar-refractivity contribution in [2.75, 3.05) is 25.2 Å². The van der Waals surface area contributed by atoms with E-state index in [-0.39, 0.29) is 24.2 Å². The second-order valence-electron chi connectivity index (χ2n) is 3.78. The van der Waals surface area contributed by atoms with Crippen LogP contribution in [0.15, 0.2) is 0 Å². The molecule has 16 heavy (non-hydrogen) atoms. The molecule has 0 amide bonds. The van der Waals surface area contributed by atoms with E-state index >= 15 is 0 Å². The first kappa shape index (κ1) is 15.7. The van der Waals surface area contributed by atoms with E-state index in [1.807, 2.05) is 0 Å². The molecule has 0 spiro atoms. The maximum atomic E-state index is 11.5. The highest BCUT2D eigenvalue weighted by atomic mass is 35.5. The van der Waals surface area contributed by atoms with E-state index in [4.69, 9.17) is 0 Å². The molecule has 0 bridgehead atoms. The largest absolute Gasteiger partial charge is 0.468 e. The van der Waals surface area contributed by atoms with Gasteiger partial charge in [0.1, 0.15) is 5.75 Å². The summed E-state index contributed by atoms with van der Waals surface area (Å²) in [6.07, 6.45) is 3.00. The van der Waals surface area contributed by atoms with Crippen molar-refractivity contribution < 1.29 is 17.9 Å². The highest BCUT2D eigenvalue weighted by Gasteiger charge is 2.23. The third-order valence-electron chi connectivity index (χ3n) is 2.43. The number of sulfone groups is 1. The van der Waals surface area contributed by atoms with Crippen molar-refractivity contribution in [3.8, 4) is 0 Å². The van der Waals surface area contributed by atoms with Crippen molar-refractivity contribution in [2.24, 2.45) is 0 Å². The summed E-state index contributed by atoms with van der Waals surface area (Å²) >= 11 is 0. The average Bonchev–Trinajstić information content (AvgIpc) is 2.17. The van der Waals surface area contributed by atoms with Crippen LogP contribution in [-0.4, -0.2) is 45.6 Å². The zero-order chi connectivity index (χ0) is 11.3. The minimum Gasteiger partial charge on any atom is -0.468 e. The van der Waals surface area contributed by atoms with Gasteiger partial charge in [0.2, 0.25) is 0 Å². The number of rotatable bonds is 4. The van der Waals surface area contributed by atoms with Crippen molar-refractivity contribution in [2.45, 2.75) is 25.3 Å². The van der Waals surface area contributed by atoms with Crippen LogP contribution >= 0.6 is 12.4 Å². The molecule has 0 radical (unpaired) electrons. The molecule has 0 aromatic carbocycles. The predicted octanol–water partition coefficient (Wildman–Crippen LogP) is 0.138. The average molecular weight is 272 g/mol. The van der Waals surface area contributed by atoms with Crippen LogP contribution in [0.2, 0.25) is 0 Å². The second kappa shape index (κ2) is 7.09. The first-order valence-corrected chi connectivity index (χ1v) is 6.86. The van der Waals surface area contributed by atoms with Gasteiger partial charge in [0, 0.05) is 6.04 Å². The number of carbonyl (C=O) groups is 1. The van der Waals surface area contributed by atoms with E-state index in [2.05, 4.69) is 10.1 Å². The van der Waals surface area contributed by atoms with Crippen molar-refractivity contribution >= 4 is 28.2 Å². The van der Waals surface area contributed by atoms with E-state index in [0.29, 0.717) is 0 Å². The SMILES string of the molecule is COC(=O)CS(=O)(=O)CC1CCCCN1.Cl. The van der Waals surface area contributed by atoms with Crippen LogP contribution in [-0.2, 0) is 19.4 Å². The molecule has 1 aliphatic heterocycles. The third-order valence-corrected chi connectivity index (χ3v) is 4.02. The molecular weight excluding hydrogens is 254 g/mol. The zero-order valence-corrected chi connectivity index (χ0v) is 10.9. The molecule has 1 atom stereocenters. The number of hydrogen-bond donors (Lipinski definition) is 1. The number of ether oxygens (including phenoxy) is 1. The summed E-state index contributed by atoms with van der Waals surface area (Å²) in [5.41, 5.74) is 0. The standard InChI is InChI=1S/C9H17NO4S.ClH/c1-14-9(11)7-15(12,13)6-8-4-2-3-5-10-8;/h8,10H,2-7H2,1H3;1H. The number of hydrogen-bond acceptors (Lipinski definition) is 5. The summed E-state index contributed by atoms with van der Waals surface area (Å²) < 4.78 is 27.4. The molecule has 96 valence electrons. The normalized spacial score (nSPS) is 20.9. The van der Waals surface area contributed by atoms with Gasteiger partial charge in [0.25, 0.3) is 0 Å². The van der Waals surface area contributed by atoms with Gasteiger partial charge < -0.3 is 10.1 Å².